The molecule has 2 aromatic heterocycles. The van der Waals surface area contributed by atoms with Crippen molar-refractivity contribution in [2.24, 2.45) is 5.92 Å². The van der Waals surface area contributed by atoms with Crippen LogP contribution in [0, 0.1) is 11.7 Å². The Morgan fingerprint density at radius 1 is 1.39 bits per heavy atom. The van der Waals surface area contributed by atoms with Gasteiger partial charge in [0.15, 0.2) is 0 Å². The molecule has 23 heavy (non-hydrogen) atoms. The highest BCUT2D eigenvalue weighted by Crippen LogP contribution is 2.23. The van der Waals surface area contributed by atoms with Crippen molar-refractivity contribution in [1.82, 2.24) is 10.2 Å². The first kappa shape index (κ1) is 15.6. The maximum absolute atomic E-state index is 13.3. The summed E-state index contributed by atoms with van der Waals surface area (Å²) >= 11 is 1.37. The highest BCUT2D eigenvalue weighted by atomic mass is 32.1. The van der Waals surface area contributed by atoms with E-state index in [1.807, 2.05) is 0 Å². The standard InChI is InChI=1S/C16H16FN3O2S/c1-9(2)5-15-19-20-16(23-15)18-14(21)6-10-8-22-13-4-3-11(17)7-12(10)13/h3-4,7-9H,5-6H2,1-2H3,(H,18,20,21). The average Bonchev–Trinajstić information content (AvgIpc) is 3.06. The second kappa shape index (κ2) is 6.45. The lowest BCUT2D eigenvalue weighted by Gasteiger charge is -2.00. The van der Waals surface area contributed by atoms with Gasteiger partial charge < -0.3 is 9.73 Å². The Morgan fingerprint density at radius 3 is 3.00 bits per heavy atom. The van der Waals surface area contributed by atoms with Crippen molar-refractivity contribution >= 4 is 33.3 Å². The zero-order valence-corrected chi connectivity index (χ0v) is 13.6. The van der Waals surface area contributed by atoms with Crippen LogP contribution in [0.25, 0.3) is 11.0 Å². The van der Waals surface area contributed by atoms with Gasteiger partial charge >= 0.3 is 0 Å². The quantitative estimate of drug-likeness (QED) is 0.771. The number of hydrogen-bond acceptors (Lipinski definition) is 5. The van der Waals surface area contributed by atoms with Crippen LogP contribution in [0.3, 0.4) is 0 Å². The van der Waals surface area contributed by atoms with Crippen LogP contribution < -0.4 is 5.32 Å². The van der Waals surface area contributed by atoms with Crippen molar-refractivity contribution in [2.45, 2.75) is 26.7 Å². The minimum absolute atomic E-state index is 0.0928. The van der Waals surface area contributed by atoms with Gasteiger partial charge in [0.1, 0.15) is 16.4 Å². The van der Waals surface area contributed by atoms with Gasteiger partial charge in [-0.3, -0.25) is 4.79 Å². The third-order valence-electron chi connectivity index (χ3n) is 3.26. The van der Waals surface area contributed by atoms with Crippen molar-refractivity contribution in [2.75, 3.05) is 5.32 Å². The highest BCUT2D eigenvalue weighted by Gasteiger charge is 2.13. The molecule has 0 aliphatic heterocycles. The summed E-state index contributed by atoms with van der Waals surface area (Å²) in [6, 6.07) is 4.25. The lowest BCUT2D eigenvalue weighted by Crippen LogP contribution is -2.14. The van der Waals surface area contributed by atoms with E-state index < -0.39 is 0 Å². The van der Waals surface area contributed by atoms with E-state index in [0.29, 0.717) is 27.6 Å². The molecule has 0 bridgehead atoms. The number of carbonyl (C=O) groups excluding carboxylic acids is 1. The third-order valence-corrected chi connectivity index (χ3v) is 4.12. The lowest BCUT2D eigenvalue weighted by atomic mass is 10.1. The van der Waals surface area contributed by atoms with Gasteiger partial charge in [-0.2, -0.15) is 0 Å². The highest BCUT2D eigenvalue weighted by molar-refractivity contribution is 7.15. The molecule has 7 heteroatoms. The average molecular weight is 333 g/mol. The molecule has 1 amide bonds. The van der Waals surface area contributed by atoms with Gasteiger partial charge in [-0.25, -0.2) is 4.39 Å². The largest absolute Gasteiger partial charge is 0.464 e. The molecule has 0 spiro atoms. The summed E-state index contributed by atoms with van der Waals surface area (Å²) in [5.41, 5.74) is 1.20. The van der Waals surface area contributed by atoms with Crippen molar-refractivity contribution < 1.29 is 13.6 Å². The van der Waals surface area contributed by atoms with Crippen LogP contribution in [-0.4, -0.2) is 16.1 Å². The van der Waals surface area contributed by atoms with Crippen LogP contribution in [0.4, 0.5) is 9.52 Å². The van der Waals surface area contributed by atoms with E-state index in [-0.39, 0.29) is 18.1 Å². The number of anilines is 1. The molecule has 0 fully saturated rings. The monoisotopic (exact) mass is 333 g/mol. The van der Waals surface area contributed by atoms with E-state index >= 15 is 0 Å². The molecular weight excluding hydrogens is 317 g/mol. The van der Waals surface area contributed by atoms with Crippen LogP contribution in [0.15, 0.2) is 28.9 Å². The Kier molecular flexibility index (Phi) is 4.38. The summed E-state index contributed by atoms with van der Waals surface area (Å²) in [6.45, 7) is 4.20. The summed E-state index contributed by atoms with van der Waals surface area (Å²) in [7, 11) is 0. The molecule has 0 radical (unpaired) electrons. The molecule has 0 aliphatic carbocycles. The fourth-order valence-corrected chi connectivity index (χ4v) is 3.23. The number of hydrogen-bond donors (Lipinski definition) is 1. The molecule has 2 heterocycles. The maximum atomic E-state index is 13.3. The molecule has 3 aromatic rings. The van der Waals surface area contributed by atoms with Gasteiger partial charge in [-0.05, 0) is 24.1 Å². The minimum atomic E-state index is -0.358. The first-order valence-electron chi connectivity index (χ1n) is 7.29. The SMILES string of the molecule is CC(C)Cc1nnc(NC(=O)Cc2coc3ccc(F)cc23)s1. The molecular formula is C16H16FN3O2S. The molecule has 3 rings (SSSR count). The number of rotatable bonds is 5. The van der Waals surface area contributed by atoms with E-state index in [2.05, 4.69) is 29.4 Å². The topological polar surface area (TPSA) is 68.0 Å². The van der Waals surface area contributed by atoms with Crippen molar-refractivity contribution in [3.05, 3.63) is 40.9 Å². The van der Waals surface area contributed by atoms with Crippen LogP contribution in [-0.2, 0) is 17.6 Å². The van der Waals surface area contributed by atoms with Crippen molar-refractivity contribution in [1.29, 1.82) is 0 Å². The molecule has 1 N–H and O–H groups in total. The summed E-state index contributed by atoms with van der Waals surface area (Å²) in [4.78, 5) is 12.1. The maximum Gasteiger partial charge on any atom is 0.230 e. The Morgan fingerprint density at radius 2 is 2.22 bits per heavy atom. The van der Waals surface area contributed by atoms with Gasteiger partial charge in [-0.15, -0.1) is 10.2 Å². The molecule has 0 atom stereocenters. The molecule has 0 saturated heterocycles. The Balaban J connectivity index is 1.69. The van der Waals surface area contributed by atoms with Gasteiger partial charge in [0.2, 0.25) is 11.0 Å². The normalized spacial score (nSPS) is 11.3. The fraction of sp³-hybridized carbons (Fsp3) is 0.312. The van der Waals surface area contributed by atoms with E-state index in [9.17, 15) is 9.18 Å². The van der Waals surface area contributed by atoms with Crippen molar-refractivity contribution in [3.8, 4) is 0 Å². The van der Waals surface area contributed by atoms with E-state index in [1.54, 1.807) is 6.07 Å². The van der Waals surface area contributed by atoms with Gasteiger partial charge in [0.25, 0.3) is 0 Å². The number of nitrogens with one attached hydrogen (secondary N) is 1. The second-order valence-corrected chi connectivity index (χ2v) is 6.79. The number of furan rings is 1. The van der Waals surface area contributed by atoms with Crippen molar-refractivity contribution in [3.63, 3.8) is 0 Å². The van der Waals surface area contributed by atoms with Crippen LogP contribution in [0.2, 0.25) is 0 Å². The number of halogens is 1. The molecule has 0 unspecified atom stereocenters. The number of nitrogens with zero attached hydrogens (tertiary/aromatic N) is 2. The summed E-state index contributed by atoms with van der Waals surface area (Å²) in [6.07, 6.45) is 2.41. The predicted octanol–water partition coefficient (Wildman–Crippen LogP) is 3.80. The third kappa shape index (κ3) is 3.73. The molecule has 0 aliphatic rings. The summed E-state index contributed by atoms with van der Waals surface area (Å²) < 4.78 is 18.7. The smallest absolute Gasteiger partial charge is 0.230 e. The molecule has 120 valence electrons. The first-order chi connectivity index (χ1) is 11.0. The molecule has 0 saturated carbocycles. The van der Waals surface area contributed by atoms with Crippen LogP contribution in [0.1, 0.15) is 24.4 Å². The van der Waals surface area contributed by atoms with Gasteiger partial charge in [0.05, 0.1) is 12.7 Å². The van der Waals surface area contributed by atoms with Crippen LogP contribution >= 0.6 is 11.3 Å². The Labute approximate surface area is 136 Å². The Bertz CT molecular complexity index is 841. The van der Waals surface area contributed by atoms with E-state index in [1.165, 1.54) is 29.7 Å². The number of aromatic nitrogens is 2. The van der Waals surface area contributed by atoms with E-state index in [4.69, 9.17) is 4.42 Å². The lowest BCUT2D eigenvalue weighted by molar-refractivity contribution is -0.115. The summed E-state index contributed by atoms with van der Waals surface area (Å²) in [5, 5.41) is 12.7. The fourth-order valence-electron chi connectivity index (χ4n) is 2.26. The zero-order valence-electron chi connectivity index (χ0n) is 12.8. The predicted molar refractivity (Wildman–Crippen MR) is 87.0 cm³/mol. The number of fused-ring (bicyclic) bond motifs is 1. The number of carbonyl (C=O) groups is 1. The number of amides is 1. The molecule has 5 nitrogen and oxygen atoms in total. The van der Waals surface area contributed by atoms with Crippen LogP contribution in [0.5, 0.6) is 0 Å². The van der Waals surface area contributed by atoms with Gasteiger partial charge in [-0.1, -0.05) is 25.2 Å². The van der Waals surface area contributed by atoms with E-state index in [0.717, 1.165) is 11.4 Å². The first-order valence-corrected chi connectivity index (χ1v) is 8.11. The Hall–Kier alpha value is -2.28. The summed E-state index contributed by atoms with van der Waals surface area (Å²) in [5.74, 6) is -0.106. The second-order valence-electron chi connectivity index (χ2n) is 5.73. The number of benzene rings is 1. The molecule has 1 aromatic carbocycles. The van der Waals surface area contributed by atoms with Gasteiger partial charge in [0, 0.05) is 17.4 Å². The zero-order chi connectivity index (χ0) is 16.4. The minimum Gasteiger partial charge on any atom is -0.464 e.